The Labute approximate surface area is 185 Å². The van der Waals surface area contributed by atoms with Crippen molar-refractivity contribution < 1.29 is 4.79 Å². The maximum absolute atomic E-state index is 13.2. The van der Waals surface area contributed by atoms with Gasteiger partial charge >= 0.3 is 5.69 Å². The zero-order chi connectivity index (χ0) is 22.4. The van der Waals surface area contributed by atoms with Crippen molar-refractivity contribution in [2.45, 2.75) is 53.0 Å². The number of carbonyl (C=O) groups is 1. The van der Waals surface area contributed by atoms with Gasteiger partial charge in [0.2, 0.25) is 5.91 Å². The molecule has 0 aliphatic rings. The maximum Gasteiger partial charge on any atom is 0.330 e. The van der Waals surface area contributed by atoms with Crippen molar-refractivity contribution in [2.24, 2.45) is 5.92 Å². The molecule has 0 spiro atoms. The summed E-state index contributed by atoms with van der Waals surface area (Å²) in [7, 11) is 0. The number of hydrogen-bond donors (Lipinski definition) is 2. The largest absolute Gasteiger partial charge is 0.383 e. The molecule has 9 heteroatoms. The summed E-state index contributed by atoms with van der Waals surface area (Å²) in [5.41, 5.74) is 5.56. The summed E-state index contributed by atoms with van der Waals surface area (Å²) >= 11 is 12.2. The minimum atomic E-state index is -0.676. The third-order valence-electron chi connectivity index (χ3n) is 4.81. The minimum Gasteiger partial charge on any atom is -0.383 e. The minimum absolute atomic E-state index is 0.00133. The van der Waals surface area contributed by atoms with Gasteiger partial charge in [-0.25, -0.2) is 4.79 Å². The number of halogens is 2. The number of aromatic amines is 1. The molecule has 0 radical (unpaired) electrons. The highest BCUT2D eigenvalue weighted by Crippen LogP contribution is 2.24. The maximum atomic E-state index is 13.2. The van der Waals surface area contributed by atoms with Crippen LogP contribution in [0, 0.1) is 5.92 Å². The Kier molecular flexibility index (Phi) is 8.55. The molecule has 7 nitrogen and oxygen atoms in total. The van der Waals surface area contributed by atoms with Gasteiger partial charge in [-0.1, -0.05) is 56.5 Å². The fourth-order valence-electron chi connectivity index (χ4n) is 3.05. The smallest absolute Gasteiger partial charge is 0.330 e. The van der Waals surface area contributed by atoms with Crippen molar-refractivity contribution in [1.82, 2.24) is 9.55 Å². The first kappa shape index (κ1) is 24.0. The molecule has 1 amide bonds. The number of nitrogens with two attached hydrogens (primary N) is 1. The van der Waals surface area contributed by atoms with E-state index in [2.05, 4.69) is 4.98 Å². The SMILES string of the molecule is CCCCn1c(N)c(N(CCC(C)C)C(=O)Cc2ccc(Cl)cc2Cl)c(=O)[nH]c1=O. The number of amides is 1. The van der Waals surface area contributed by atoms with Crippen LogP contribution in [0.25, 0.3) is 0 Å². The van der Waals surface area contributed by atoms with Crippen LogP contribution in [-0.2, 0) is 17.8 Å². The fraction of sp³-hybridized carbons (Fsp3) is 0.476. The van der Waals surface area contributed by atoms with Crippen LogP contribution in [-0.4, -0.2) is 22.0 Å². The lowest BCUT2D eigenvalue weighted by atomic mass is 10.1. The Hall–Kier alpha value is -2.25. The predicted molar refractivity (Wildman–Crippen MR) is 123 cm³/mol. The summed E-state index contributed by atoms with van der Waals surface area (Å²) in [6.07, 6.45) is 2.20. The van der Waals surface area contributed by atoms with Gasteiger partial charge in [0.1, 0.15) is 5.82 Å². The molecule has 1 aromatic heterocycles. The van der Waals surface area contributed by atoms with Crippen molar-refractivity contribution in [3.63, 3.8) is 0 Å². The van der Waals surface area contributed by atoms with Gasteiger partial charge in [-0.05, 0) is 36.5 Å². The molecule has 0 saturated heterocycles. The molecule has 0 atom stereocenters. The number of unbranched alkanes of at least 4 members (excludes halogenated alkanes) is 1. The number of benzene rings is 1. The van der Waals surface area contributed by atoms with Gasteiger partial charge in [0, 0.05) is 23.1 Å². The zero-order valence-electron chi connectivity index (χ0n) is 17.5. The molecule has 0 aliphatic carbocycles. The second kappa shape index (κ2) is 10.7. The molecular weight excluding hydrogens is 427 g/mol. The number of carbonyl (C=O) groups excluding carboxylic acids is 1. The zero-order valence-corrected chi connectivity index (χ0v) is 19.0. The highest BCUT2D eigenvalue weighted by atomic mass is 35.5. The van der Waals surface area contributed by atoms with Gasteiger partial charge in [0.15, 0.2) is 5.69 Å². The van der Waals surface area contributed by atoms with Gasteiger partial charge in [0.25, 0.3) is 5.56 Å². The summed E-state index contributed by atoms with van der Waals surface area (Å²) in [5.74, 6) is -0.0417. The number of anilines is 2. The number of rotatable bonds is 9. The lowest BCUT2D eigenvalue weighted by molar-refractivity contribution is -0.118. The second-order valence-electron chi connectivity index (χ2n) is 7.64. The van der Waals surface area contributed by atoms with E-state index in [9.17, 15) is 14.4 Å². The van der Waals surface area contributed by atoms with E-state index in [-0.39, 0.29) is 23.8 Å². The molecule has 1 heterocycles. The molecule has 0 saturated carbocycles. The van der Waals surface area contributed by atoms with E-state index in [0.717, 1.165) is 12.8 Å². The second-order valence-corrected chi connectivity index (χ2v) is 8.48. The van der Waals surface area contributed by atoms with E-state index in [4.69, 9.17) is 28.9 Å². The predicted octanol–water partition coefficient (Wildman–Crippen LogP) is 3.85. The summed E-state index contributed by atoms with van der Waals surface area (Å²) in [6, 6.07) is 4.90. The van der Waals surface area contributed by atoms with E-state index in [1.165, 1.54) is 9.47 Å². The number of nitrogens with zero attached hydrogens (tertiary/aromatic N) is 2. The van der Waals surface area contributed by atoms with Gasteiger partial charge in [0.05, 0.1) is 6.42 Å². The van der Waals surface area contributed by atoms with Crippen LogP contribution < -0.4 is 21.9 Å². The Morgan fingerprint density at radius 2 is 1.97 bits per heavy atom. The van der Waals surface area contributed by atoms with E-state index in [1.54, 1.807) is 18.2 Å². The first-order valence-electron chi connectivity index (χ1n) is 10.0. The van der Waals surface area contributed by atoms with Crippen LogP contribution in [0.5, 0.6) is 0 Å². The summed E-state index contributed by atoms with van der Waals surface area (Å²) in [5, 5.41) is 0.839. The number of nitrogens with one attached hydrogen (secondary N) is 1. The van der Waals surface area contributed by atoms with Crippen LogP contribution in [0.1, 0.15) is 45.6 Å². The average molecular weight is 455 g/mol. The van der Waals surface area contributed by atoms with Crippen molar-refractivity contribution in [1.29, 1.82) is 0 Å². The highest BCUT2D eigenvalue weighted by Gasteiger charge is 2.25. The van der Waals surface area contributed by atoms with Gasteiger partial charge in [-0.15, -0.1) is 0 Å². The normalized spacial score (nSPS) is 11.1. The molecule has 0 unspecified atom stereocenters. The van der Waals surface area contributed by atoms with E-state index in [0.29, 0.717) is 41.0 Å². The van der Waals surface area contributed by atoms with Crippen LogP contribution in [0.3, 0.4) is 0 Å². The molecule has 2 aromatic rings. The first-order valence-corrected chi connectivity index (χ1v) is 10.8. The average Bonchev–Trinajstić information content (AvgIpc) is 2.66. The highest BCUT2D eigenvalue weighted by molar-refractivity contribution is 6.35. The lowest BCUT2D eigenvalue weighted by Gasteiger charge is -2.25. The van der Waals surface area contributed by atoms with Gasteiger partial charge in [-0.2, -0.15) is 0 Å². The molecule has 2 rings (SSSR count). The third kappa shape index (κ3) is 5.89. The number of hydrogen-bond acceptors (Lipinski definition) is 4. The lowest BCUT2D eigenvalue weighted by Crippen LogP contribution is -2.42. The fourth-order valence-corrected chi connectivity index (χ4v) is 3.52. The number of H-pyrrole nitrogens is 1. The molecule has 3 N–H and O–H groups in total. The Balaban J connectivity index is 2.49. The van der Waals surface area contributed by atoms with Crippen LogP contribution in [0.2, 0.25) is 10.0 Å². The van der Waals surface area contributed by atoms with Crippen LogP contribution in [0.4, 0.5) is 11.5 Å². The number of nitrogen functional groups attached to an aromatic ring is 1. The van der Waals surface area contributed by atoms with Gasteiger partial charge in [-0.3, -0.25) is 19.1 Å². The standard InChI is InChI=1S/C21H28Cl2N4O3/c1-4-5-9-27-19(24)18(20(29)25-21(27)30)26(10-8-13(2)3)17(28)11-14-6-7-15(22)12-16(14)23/h6-7,12-13H,4-5,8-11,24H2,1-3H3,(H,25,29,30). The molecule has 0 aliphatic heterocycles. The molecule has 0 bridgehead atoms. The van der Waals surface area contributed by atoms with Crippen molar-refractivity contribution in [3.8, 4) is 0 Å². The van der Waals surface area contributed by atoms with E-state index in [1.807, 2.05) is 20.8 Å². The van der Waals surface area contributed by atoms with Crippen molar-refractivity contribution >= 4 is 40.6 Å². The van der Waals surface area contributed by atoms with Crippen molar-refractivity contribution in [3.05, 3.63) is 54.6 Å². The van der Waals surface area contributed by atoms with Crippen LogP contribution >= 0.6 is 23.2 Å². The van der Waals surface area contributed by atoms with Crippen LogP contribution in [0.15, 0.2) is 27.8 Å². The Morgan fingerprint density at radius 1 is 1.27 bits per heavy atom. The summed E-state index contributed by atoms with van der Waals surface area (Å²) < 4.78 is 1.31. The monoisotopic (exact) mass is 454 g/mol. The van der Waals surface area contributed by atoms with E-state index >= 15 is 0 Å². The Bertz CT molecular complexity index is 1010. The molecule has 164 valence electrons. The molecule has 1 aromatic carbocycles. The van der Waals surface area contributed by atoms with Gasteiger partial charge < -0.3 is 10.6 Å². The van der Waals surface area contributed by atoms with E-state index < -0.39 is 11.2 Å². The Morgan fingerprint density at radius 3 is 2.57 bits per heavy atom. The quantitative estimate of drug-likeness (QED) is 0.600. The number of aromatic nitrogens is 2. The summed E-state index contributed by atoms with van der Waals surface area (Å²) in [6.45, 7) is 6.69. The summed E-state index contributed by atoms with van der Waals surface area (Å²) in [4.78, 5) is 41.8. The van der Waals surface area contributed by atoms with Crippen molar-refractivity contribution in [2.75, 3.05) is 17.2 Å². The molecule has 30 heavy (non-hydrogen) atoms. The third-order valence-corrected chi connectivity index (χ3v) is 5.39. The molecular formula is C21H28Cl2N4O3. The molecule has 0 fully saturated rings. The first-order chi connectivity index (χ1) is 14.1. The topological polar surface area (TPSA) is 101 Å².